The minimum Gasteiger partial charge on any atom is -0.341 e. The fourth-order valence-electron chi connectivity index (χ4n) is 2.39. The van der Waals surface area contributed by atoms with Crippen molar-refractivity contribution in [2.45, 2.75) is 18.9 Å². The van der Waals surface area contributed by atoms with Crippen LogP contribution in [0.3, 0.4) is 0 Å². The molecule has 0 spiro atoms. The van der Waals surface area contributed by atoms with E-state index in [9.17, 15) is 4.79 Å². The van der Waals surface area contributed by atoms with Crippen LogP contribution in [0.1, 0.15) is 12.8 Å². The van der Waals surface area contributed by atoms with Crippen LogP contribution >= 0.6 is 11.8 Å². The molecule has 0 radical (unpaired) electrons. The molecule has 1 unspecified atom stereocenters. The lowest BCUT2D eigenvalue weighted by molar-refractivity contribution is -0.131. The van der Waals surface area contributed by atoms with Crippen LogP contribution in [0, 0.1) is 0 Å². The van der Waals surface area contributed by atoms with E-state index >= 15 is 0 Å². The molecule has 0 aromatic heterocycles. The van der Waals surface area contributed by atoms with Crippen molar-refractivity contribution < 1.29 is 4.79 Å². The third-order valence-corrected chi connectivity index (χ3v) is 4.62. The van der Waals surface area contributed by atoms with Gasteiger partial charge in [-0.2, -0.15) is 11.8 Å². The lowest BCUT2D eigenvalue weighted by atomic mass is 10.2. The van der Waals surface area contributed by atoms with E-state index in [4.69, 9.17) is 0 Å². The molecule has 0 bridgehead atoms. The van der Waals surface area contributed by atoms with E-state index < -0.39 is 0 Å². The van der Waals surface area contributed by atoms with Crippen molar-refractivity contribution in [1.82, 2.24) is 15.1 Å². The summed E-state index contributed by atoms with van der Waals surface area (Å²) in [6, 6.07) is 0.391. The Morgan fingerprint density at radius 2 is 2.24 bits per heavy atom. The highest BCUT2D eigenvalue weighted by molar-refractivity contribution is 7.99. The van der Waals surface area contributed by atoms with Crippen molar-refractivity contribution in [3.63, 3.8) is 0 Å². The summed E-state index contributed by atoms with van der Waals surface area (Å²) in [7, 11) is 2.13. The summed E-state index contributed by atoms with van der Waals surface area (Å²) in [5, 5.41) is 3.43. The Kier molecular flexibility index (Phi) is 5.13. The van der Waals surface area contributed by atoms with Gasteiger partial charge in [0, 0.05) is 50.1 Å². The normalized spacial score (nSPS) is 27.8. The zero-order valence-electron chi connectivity index (χ0n) is 10.7. The van der Waals surface area contributed by atoms with Crippen molar-refractivity contribution in [2.75, 3.05) is 51.3 Å². The van der Waals surface area contributed by atoms with Crippen molar-refractivity contribution >= 4 is 17.7 Å². The van der Waals surface area contributed by atoms with Gasteiger partial charge < -0.3 is 15.1 Å². The Balaban J connectivity index is 1.77. The standard InChI is InChI=1S/C12H23N3OS/c1-14-4-2-5-15(7-6-14)12(16)9-11-10-17-8-3-13-11/h11,13H,2-10H2,1H3. The molecule has 2 heterocycles. The second-order valence-electron chi connectivity index (χ2n) is 4.97. The summed E-state index contributed by atoms with van der Waals surface area (Å²) in [6.07, 6.45) is 1.78. The maximum atomic E-state index is 12.2. The van der Waals surface area contributed by atoms with Crippen molar-refractivity contribution in [3.05, 3.63) is 0 Å². The molecule has 5 heteroatoms. The maximum Gasteiger partial charge on any atom is 0.224 e. The molecule has 0 aromatic rings. The predicted octanol–water partition coefficient (Wildman–Crippen LogP) is 0.246. The van der Waals surface area contributed by atoms with Crippen LogP contribution in [-0.4, -0.2) is 73.0 Å². The largest absolute Gasteiger partial charge is 0.341 e. The molecular weight excluding hydrogens is 234 g/mol. The number of rotatable bonds is 2. The van der Waals surface area contributed by atoms with Crippen LogP contribution in [0.4, 0.5) is 0 Å². The zero-order valence-corrected chi connectivity index (χ0v) is 11.5. The molecule has 2 saturated heterocycles. The predicted molar refractivity (Wildman–Crippen MR) is 72.4 cm³/mol. The highest BCUT2D eigenvalue weighted by atomic mass is 32.2. The summed E-state index contributed by atoms with van der Waals surface area (Å²) >= 11 is 1.95. The van der Waals surface area contributed by atoms with E-state index in [0.29, 0.717) is 18.4 Å². The van der Waals surface area contributed by atoms with Crippen LogP contribution in [0.15, 0.2) is 0 Å². The molecule has 98 valence electrons. The van der Waals surface area contributed by atoms with Crippen LogP contribution in [-0.2, 0) is 4.79 Å². The molecule has 2 aliphatic rings. The maximum absolute atomic E-state index is 12.2. The number of hydrogen-bond acceptors (Lipinski definition) is 4. The van der Waals surface area contributed by atoms with E-state index in [2.05, 4.69) is 17.3 Å². The van der Waals surface area contributed by atoms with Gasteiger partial charge in [0.05, 0.1) is 0 Å². The third kappa shape index (κ3) is 4.16. The summed E-state index contributed by atoms with van der Waals surface area (Å²) in [6.45, 7) is 5.00. The van der Waals surface area contributed by atoms with E-state index in [0.717, 1.165) is 44.9 Å². The molecule has 1 amide bonds. The van der Waals surface area contributed by atoms with Crippen LogP contribution in [0.5, 0.6) is 0 Å². The van der Waals surface area contributed by atoms with Crippen molar-refractivity contribution in [2.24, 2.45) is 0 Å². The summed E-state index contributed by atoms with van der Waals surface area (Å²) < 4.78 is 0. The Morgan fingerprint density at radius 1 is 1.35 bits per heavy atom. The molecule has 1 N–H and O–H groups in total. The molecular formula is C12H23N3OS. The first-order chi connectivity index (χ1) is 8.25. The SMILES string of the molecule is CN1CCCN(C(=O)CC2CSCCN2)CC1. The quantitative estimate of drug-likeness (QED) is 0.769. The van der Waals surface area contributed by atoms with E-state index in [-0.39, 0.29) is 0 Å². The first kappa shape index (κ1) is 13.2. The number of thioether (sulfide) groups is 1. The second kappa shape index (κ2) is 6.61. The number of likely N-dealkylation sites (N-methyl/N-ethyl adjacent to an activating group) is 1. The van der Waals surface area contributed by atoms with Gasteiger partial charge in [-0.25, -0.2) is 0 Å². The van der Waals surface area contributed by atoms with Crippen LogP contribution in [0.2, 0.25) is 0 Å². The minimum absolute atomic E-state index is 0.334. The van der Waals surface area contributed by atoms with Gasteiger partial charge in [-0.3, -0.25) is 4.79 Å². The molecule has 0 aromatic carbocycles. The third-order valence-electron chi connectivity index (χ3n) is 3.49. The van der Waals surface area contributed by atoms with Crippen LogP contribution in [0.25, 0.3) is 0 Å². The average molecular weight is 257 g/mol. The zero-order chi connectivity index (χ0) is 12.1. The summed E-state index contributed by atoms with van der Waals surface area (Å²) in [4.78, 5) is 16.5. The Morgan fingerprint density at radius 3 is 3.00 bits per heavy atom. The van der Waals surface area contributed by atoms with Crippen molar-refractivity contribution in [1.29, 1.82) is 0 Å². The summed E-state index contributed by atoms with van der Waals surface area (Å²) in [5.74, 6) is 2.60. The molecule has 17 heavy (non-hydrogen) atoms. The molecule has 2 aliphatic heterocycles. The molecule has 4 nitrogen and oxygen atoms in total. The Labute approximate surface area is 108 Å². The fraction of sp³-hybridized carbons (Fsp3) is 0.917. The Hall–Kier alpha value is -0.260. The van der Waals surface area contributed by atoms with Crippen LogP contribution < -0.4 is 5.32 Å². The molecule has 0 aliphatic carbocycles. The monoisotopic (exact) mass is 257 g/mol. The van der Waals surface area contributed by atoms with Gasteiger partial charge in [0.1, 0.15) is 0 Å². The van der Waals surface area contributed by atoms with Gasteiger partial charge in [-0.15, -0.1) is 0 Å². The lowest BCUT2D eigenvalue weighted by Gasteiger charge is -2.26. The first-order valence-electron chi connectivity index (χ1n) is 6.53. The number of nitrogens with one attached hydrogen (secondary N) is 1. The van der Waals surface area contributed by atoms with Gasteiger partial charge >= 0.3 is 0 Å². The number of carbonyl (C=O) groups excluding carboxylic acids is 1. The van der Waals surface area contributed by atoms with Gasteiger partial charge in [-0.05, 0) is 20.0 Å². The van der Waals surface area contributed by atoms with Gasteiger partial charge in [-0.1, -0.05) is 0 Å². The average Bonchev–Trinajstić information content (AvgIpc) is 2.55. The number of nitrogens with zero attached hydrogens (tertiary/aromatic N) is 2. The number of carbonyl (C=O) groups is 1. The topological polar surface area (TPSA) is 35.6 Å². The van der Waals surface area contributed by atoms with E-state index in [1.165, 1.54) is 5.75 Å². The molecule has 0 saturated carbocycles. The smallest absolute Gasteiger partial charge is 0.224 e. The summed E-state index contributed by atoms with van der Waals surface area (Å²) in [5.41, 5.74) is 0. The van der Waals surface area contributed by atoms with Gasteiger partial charge in [0.2, 0.25) is 5.91 Å². The minimum atomic E-state index is 0.334. The number of amides is 1. The highest BCUT2D eigenvalue weighted by Gasteiger charge is 2.22. The van der Waals surface area contributed by atoms with Gasteiger partial charge in [0.15, 0.2) is 0 Å². The number of hydrogen-bond donors (Lipinski definition) is 1. The molecule has 1 atom stereocenters. The molecule has 2 fully saturated rings. The second-order valence-corrected chi connectivity index (χ2v) is 6.12. The Bertz CT molecular complexity index is 256. The first-order valence-corrected chi connectivity index (χ1v) is 7.68. The molecule has 2 rings (SSSR count). The fourth-order valence-corrected chi connectivity index (χ4v) is 3.34. The van der Waals surface area contributed by atoms with E-state index in [1.807, 2.05) is 16.7 Å². The lowest BCUT2D eigenvalue weighted by Crippen LogP contribution is -2.43. The van der Waals surface area contributed by atoms with Gasteiger partial charge in [0.25, 0.3) is 0 Å². The highest BCUT2D eigenvalue weighted by Crippen LogP contribution is 2.12. The van der Waals surface area contributed by atoms with Crippen molar-refractivity contribution in [3.8, 4) is 0 Å². The van der Waals surface area contributed by atoms with E-state index in [1.54, 1.807) is 0 Å².